The van der Waals surface area contributed by atoms with Crippen molar-refractivity contribution in [2.24, 2.45) is 17.3 Å². The Bertz CT molecular complexity index is 233. The zero-order chi connectivity index (χ0) is 8.18. The highest BCUT2D eigenvalue weighted by Crippen LogP contribution is 2.60. The van der Waals surface area contributed by atoms with Crippen LogP contribution in [0.1, 0.15) is 44.9 Å². The molecule has 0 aliphatic heterocycles. The molecule has 12 heavy (non-hydrogen) atoms. The Morgan fingerprint density at radius 2 is 2.08 bits per heavy atom. The number of carbonyl (C=O) groups excluding carboxylic acids is 1. The van der Waals surface area contributed by atoms with Crippen LogP contribution in [0.4, 0.5) is 0 Å². The third-order valence-corrected chi connectivity index (χ3v) is 4.58. The Hall–Kier alpha value is -0.330. The van der Waals surface area contributed by atoms with E-state index in [0.29, 0.717) is 11.7 Å². The van der Waals surface area contributed by atoms with E-state index in [1.165, 1.54) is 44.9 Å². The van der Waals surface area contributed by atoms with Gasteiger partial charge in [-0.1, -0.05) is 12.8 Å². The van der Waals surface area contributed by atoms with Crippen LogP contribution in [0.5, 0.6) is 0 Å². The van der Waals surface area contributed by atoms with Crippen LogP contribution in [-0.4, -0.2) is 5.78 Å². The first-order valence-corrected chi connectivity index (χ1v) is 5.37. The van der Waals surface area contributed by atoms with E-state index in [-0.39, 0.29) is 5.41 Å². The number of fused-ring (bicyclic) bond motifs is 1. The van der Waals surface area contributed by atoms with Crippen molar-refractivity contribution in [3.63, 3.8) is 0 Å². The lowest BCUT2D eigenvalue weighted by Gasteiger charge is -2.37. The predicted molar refractivity (Wildman–Crippen MR) is 46.7 cm³/mol. The SMILES string of the molecule is O=C1C2CCC13CCCCC3C2. The van der Waals surface area contributed by atoms with E-state index >= 15 is 0 Å². The minimum absolute atomic E-state index is 0.225. The summed E-state index contributed by atoms with van der Waals surface area (Å²) >= 11 is 0. The quantitative estimate of drug-likeness (QED) is 0.537. The van der Waals surface area contributed by atoms with Gasteiger partial charge < -0.3 is 0 Å². The van der Waals surface area contributed by atoms with Gasteiger partial charge in [0.05, 0.1) is 0 Å². The van der Waals surface area contributed by atoms with Crippen LogP contribution in [0.15, 0.2) is 0 Å². The minimum Gasteiger partial charge on any atom is -0.299 e. The predicted octanol–water partition coefficient (Wildman–Crippen LogP) is 2.55. The van der Waals surface area contributed by atoms with Crippen molar-refractivity contribution in [3.8, 4) is 0 Å². The van der Waals surface area contributed by atoms with Crippen molar-refractivity contribution in [1.29, 1.82) is 0 Å². The molecule has 3 aliphatic rings. The largest absolute Gasteiger partial charge is 0.299 e. The van der Waals surface area contributed by atoms with Gasteiger partial charge in [0.25, 0.3) is 0 Å². The van der Waals surface area contributed by atoms with Gasteiger partial charge in [-0.25, -0.2) is 0 Å². The molecule has 0 heterocycles. The van der Waals surface area contributed by atoms with Crippen LogP contribution < -0.4 is 0 Å². The monoisotopic (exact) mass is 164 g/mol. The van der Waals surface area contributed by atoms with E-state index in [1.807, 2.05) is 0 Å². The molecule has 1 spiro atoms. The van der Waals surface area contributed by atoms with Gasteiger partial charge in [-0.2, -0.15) is 0 Å². The fraction of sp³-hybridized carbons (Fsp3) is 0.909. The maximum atomic E-state index is 11.9. The van der Waals surface area contributed by atoms with Crippen LogP contribution in [0.3, 0.4) is 0 Å². The van der Waals surface area contributed by atoms with E-state index in [0.717, 1.165) is 5.92 Å². The van der Waals surface area contributed by atoms with Gasteiger partial charge in [0.2, 0.25) is 0 Å². The summed E-state index contributed by atoms with van der Waals surface area (Å²) in [6.07, 6.45) is 8.98. The number of carbonyl (C=O) groups is 1. The minimum atomic E-state index is 0.225. The molecule has 0 aromatic carbocycles. The standard InChI is InChI=1S/C11H16O/c12-10-8-4-6-11(10)5-2-1-3-9(11)7-8/h8-9H,1-7H2. The van der Waals surface area contributed by atoms with E-state index in [4.69, 9.17) is 0 Å². The molecule has 0 amide bonds. The van der Waals surface area contributed by atoms with Crippen LogP contribution >= 0.6 is 0 Å². The summed E-state index contributed by atoms with van der Waals surface area (Å²) in [5.74, 6) is 1.96. The Kier molecular flexibility index (Phi) is 1.26. The summed E-state index contributed by atoms with van der Waals surface area (Å²) in [5.41, 5.74) is 0.225. The van der Waals surface area contributed by atoms with Gasteiger partial charge in [0.1, 0.15) is 5.78 Å². The summed E-state index contributed by atoms with van der Waals surface area (Å²) in [4.78, 5) is 11.9. The topological polar surface area (TPSA) is 17.1 Å². The Morgan fingerprint density at radius 1 is 1.17 bits per heavy atom. The van der Waals surface area contributed by atoms with Crippen molar-refractivity contribution in [1.82, 2.24) is 0 Å². The number of hydrogen-bond acceptors (Lipinski definition) is 1. The van der Waals surface area contributed by atoms with Crippen LogP contribution in [0.2, 0.25) is 0 Å². The van der Waals surface area contributed by atoms with Crippen LogP contribution in [0, 0.1) is 17.3 Å². The Labute approximate surface area is 73.5 Å². The fourth-order valence-corrected chi connectivity index (χ4v) is 3.97. The molecule has 1 nitrogen and oxygen atoms in total. The smallest absolute Gasteiger partial charge is 0.142 e. The Morgan fingerprint density at radius 3 is 2.83 bits per heavy atom. The zero-order valence-electron chi connectivity index (χ0n) is 7.51. The van der Waals surface area contributed by atoms with Crippen LogP contribution in [-0.2, 0) is 4.79 Å². The first kappa shape index (κ1) is 7.11. The molecule has 0 N–H and O–H groups in total. The molecular weight excluding hydrogens is 148 g/mol. The molecule has 2 bridgehead atoms. The maximum absolute atomic E-state index is 11.9. The second-order valence-corrected chi connectivity index (χ2v) is 4.93. The summed E-state index contributed by atoms with van der Waals surface area (Å²) in [7, 11) is 0. The first-order valence-electron chi connectivity index (χ1n) is 5.37. The van der Waals surface area contributed by atoms with Gasteiger partial charge in [-0.3, -0.25) is 4.79 Å². The molecule has 3 aliphatic carbocycles. The maximum Gasteiger partial charge on any atom is 0.142 e. The number of rotatable bonds is 0. The second kappa shape index (κ2) is 2.12. The lowest BCUT2D eigenvalue weighted by atomic mass is 9.66. The molecule has 0 saturated heterocycles. The van der Waals surface area contributed by atoms with Crippen molar-refractivity contribution in [2.75, 3.05) is 0 Å². The van der Waals surface area contributed by atoms with Gasteiger partial charge in [0, 0.05) is 11.3 Å². The van der Waals surface area contributed by atoms with E-state index < -0.39 is 0 Å². The van der Waals surface area contributed by atoms with Gasteiger partial charge in [-0.15, -0.1) is 0 Å². The third kappa shape index (κ3) is 0.641. The van der Waals surface area contributed by atoms with Gasteiger partial charge in [0.15, 0.2) is 0 Å². The summed E-state index contributed by atoms with van der Waals surface area (Å²) in [6.45, 7) is 0. The number of hydrogen-bond donors (Lipinski definition) is 0. The molecule has 66 valence electrons. The van der Waals surface area contributed by atoms with Crippen molar-refractivity contribution in [3.05, 3.63) is 0 Å². The van der Waals surface area contributed by atoms with Crippen LogP contribution in [0.25, 0.3) is 0 Å². The Balaban J connectivity index is 2.01. The molecule has 1 heteroatoms. The molecule has 3 rings (SSSR count). The van der Waals surface area contributed by atoms with E-state index in [9.17, 15) is 4.79 Å². The van der Waals surface area contributed by atoms with Crippen molar-refractivity contribution >= 4 is 5.78 Å². The van der Waals surface area contributed by atoms with Crippen molar-refractivity contribution in [2.45, 2.75) is 44.9 Å². The lowest BCUT2D eigenvalue weighted by molar-refractivity contribution is -0.128. The molecule has 0 radical (unpaired) electrons. The molecule has 3 saturated carbocycles. The average Bonchev–Trinajstić information content (AvgIpc) is 2.56. The highest BCUT2D eigenvalue weighted by molar-refractivity contribution is 5.91. The summed E-state index contributed by atoms with van der Waals surface area (Å²) < 4.78 is 0. The van der Waals surface area contributed by atoms with E-state index in [2.05, 4.69) is 0 Å². The highest BCUT2D eigenvalue weighted by Gasteiger charge is 2.58. The summed E-state index contributed by atoms with van der Waals surface area (Å²) in [6, 6.07) is 0. The molecule has 3 fully saturated rings. The third-order valence-electron chi connectivity index (χ3n) is 4.58. The fourth-order valence-electron chi connectivity index (χ4n) is 3.97. The van der Waals surface area contributed by atoms with Gasteiger partial charge in [-0.05, 0) is 38.0 Å². The van der Waals surface area contributed by atoms with Crippen molar-refractivity contribution < 1.29 is 4.79 Å². The molecule has 0 aromatic heterocycles. The van der Waals surface area contributed by atoms with E-state index in [1.54, 1.807) is 0 Å². The molecule has 3 unspecified atom stereocenters. The highest BCUT2D eigenvalue weighted by atomic mass is 16.1. The molecule has 3 atom stereocenters. The molecular formula is C11H16O. The number of Topliss-reactive ketones (excluding diaryl/α,β-unsaturated/α-hetero) is 1. The zero-order valence-corrected chi connectivity index (χ0v) is 7.51. The second-order valence-electron chi connectivity index (χ2n) is 4.93. The normalized spacial score (nSPS) is 51.2. The molecule has 0 aromatic rings. The average molecular weight is 164 g/mol. The first-order chi connectivity index (χ1) is 5.83. The van der Waals surface area contributed by atoms with Gasteiger partial charge >= 0.3 is 0 Å². The number of ketones is 1. The lowest BCUT2D eigenvalue weighted by Crippen LogP contribution is -2.33. The summed E-state index contributed by atoms with van der Waals surface area (Å²) in [5, 5.41) is 0.